The van der Waals surface area contributed by atoms with Crippen LogP contribution in [0.1, 0.15) is 30.0 Å². The average Bonchev–Trinajstić information content (AvgIpc) is 3.27. The fourth-order valence-electron chi connectivity index (χ4n) is 5.12. The first-order valence-electron chi connectivity index (χ1n) is 12.8. The van der Waals surface area contributed by atoms with Gasteiger partial charge in [-0.2, -0.15) is 0 Å². The fourth-order valence-corrected chi connectivity index (χ4v) is 6.18. The van der Waals surface area contributed by atoms with Crippen molar-refractivity contribution in [3.05, 3.63) is 89.5 Å². The molecule has 0 saturated heterocycles. The number of hydrogen-bond donors (Lipinski definition) is 2. The van der Waals surface area contributed by atoms with Crippen molar-refractivity contribution in [2.24, 2.45) is 11.5 Å². The summed E-state index contributed by atoms with van der Waals surface area (Å²) in [4.78, 5) is 0. The van der Waals surface area contributed by atoms with Crippen LogP contribution in [0.5, 0.6) is 5.75 Å². The van der Waals surface area contributed by atoms with Crippen molar-refractivity contribution < 1.29 is 4.74 Å². The van der Waals surface area contributed by atoms with Gasteiger partial charge in [-0.1, -0.05) is 49.7 Å². The number of aryl methyl sites for hydroxylation is 1. The van der Waals surface area contributed by atoms with Crippen LogP contribution in [-0.4, -0.2) is 20.2 Å². The molecule has 0 saturated carbocycles. The molecule has 0 aliphatic heterocycles. The molecule has 0 radical (unpaired) electrons. The molecule has 5 rings (SSSR count). The zero-order valence-electron chi connectivity index (χ0n) is 21.1. The summed E-state index contributed by atoms with van der Waals surface area (Å²) in [7, 11) is 1.74. The lowest BCUT2D eigenvalue weighted by atomic mass is 9.93. The van der Waals surface area contributed by atoms with Gasteiger partial charge in [-0.15, -0.1) is 11.3 Å². The molecule has 0 aliphatic carbocycles. The molecule has 0 bridgehead atoms. The van der Waals surface area contributed by atoms with E-state index in [1.807, 2.05) is 11.3 Å². The fraction of sp³-hybridized carbons (Fsp3) is 0.250. The highest BCUT2D eigenvalue weighted by Gasteiger charge is 2.13. The quantitative estimate of drug-likeness (QED) is 0.225. The number of ether oxygens (including phenoxy) is 1. The molecular weight excluding hydrogens is 460 g/mol. The number of rotatable bonds is 9. The van der Waals surface area contributed by atoms with Gasteiger partial charge in [0, 0.05) is 25.7 Å². The summed E-state index contributed by atoms with van der Waals surface area (Å²) in [5, 5.41) is 2.59. The number of hydrogen-bond acceptors (Lipinski definition) is 4. The Morgan fingerprint density at radius 2 is 1.25 bits per heavy atom. The predicted molar refractivity (Wildman–Crippen MR) is 156 cm³/mol. The second kappa shape index (κ2) is 10.8. The van der Waals surface area contributed by atoms with Crippen molar-refractivity contribution in [3.63, 3.8) is 0 Å². The Bertz CT molecular complexity index is 1520. The Kier molecular flexibility index (Phi) is 7.38. The number of thiophene rings is 1. The monoisotopic (exact) mass is 494 g/mol. The second-order valence-electron chi connectivity index (χ2n) is 9.38. The van der Waals surface area contributed by atoms with Gasteiger partial charge in [0.05, 0.1) is 7.11 Å². The summed E-state index contributed by atoms with van der Waals surface area (Å²) in [5.41, 5.74) is 20.5. The van der Waals surface area contributed by atoms with Gasteiger partial charge in [-0.3, -0.25) is 0 Å². The van der Waals surface area contributed by atoms with Crippen molar-refractivity contribution in [1.29, 1.82) is 0 Å². The lowest BCUT2D eigenvalue weighted by Crippen LogP contribution is -2.03. The molecule has 1 heterocycles. The lowest BCUT2D eigenvalue weighted by molar-refractivity contribution is 0.416. The second-order valence-corrected chi connectivity index (χ2v) is 10.5. The van der Waals surface area contributed by atoms with E-state index in [0.29, 0.717) is 13.1 Å². The van der Waals surface area contributed by atoms with Gasteiger partial charge in [-0.25, -0.2) is 0 Å². The molecule has 4 N–H and O–H groups in total. The van der Waals surface area contributed by atoms with Gasteiger partial charge in [-0.05, 0) is 102 Å². The molecule has 4 aromatic carbocycles. The Balaban J connectivity index is 1.66. The largest absolute Gasteiger partial charge is 0.496 e. The Morgan fingerprint density at radius 1 is 0.667 bits per heavy atom. The highest BCUT2D eigenvalue weighted by Crippen LogP contribution is 2.40. The zero-order chi connectivity index (χ0) is 25.1. The zero-order valence-corrected chi connectivity index (χ0v) is 22.0. The SMILES string of the molecule is CCCc1ccc(CCN)cc1-c1ccc2sc3ccc(-c4cc(CCN)ccc4OC)cc3c2c1. The molecule has 0 unspecified atom stereocenters. The summed E-state index contributed by atoms with van der Waals surface area (Å²) < 4.78 is 8.33. The van der Waals surface area contributed by atoms with E-state index in [9.17, 15) is 0 Å². The number of fused-ring (bicyclic) bond motifs is 3. The van der Waals surface area contributed by atoms with Crippen molar-refractivity contribution in [2.75, 3.05) is 20.2 Å². The van der Waals surface area contributed by atoms with Crippen LogP contribution in [0.25, 0.3) is 42.4 Å². The first kappa shape index (κ1) is 24.5. The number of methoxy groups -OCH3 is 1. The molecule has 3 nitrogen and oxygen atoms in total. The van der Waals surface area contributed by atoms with Crippen LogP contribution >= 0.6 is 11.3 Å². The topological polar surface area (TPSA) is 61.3 Å². The molecule has 184 valence electrons. The van der Waals surface area contributed by atoms with Gasteiger partial charge < -0.3 is 16.2 Å². The summed E-state index contributed by atoms with van der Waals surface area (Å²) in [5.74, 6) is 0.885. The van der Waals surface area contributed by atoms with Crippen molar-refractivity contribution in [1.82, 2.24) is 0 Å². The summed E-state index contributed by atoms with van der Waals surface area (Å²) >= 11 is 1.85. The van der Waals surface area contributed by atoms with E-state index >= 15 is 0 Å². The van der Waals surface area contributed by atoms with Crippen molar-refractivity contribution >= 4 is 31.5 Å². The molecule has 0 atom stereocenters. The third-order valence-corrected chi connectivity index (χ3v) is 8.07. The van der Waals surface area contributed by atoms with Crippen LogP contribution in [-0.2, 0) is 19.3 Å². The smallest absolute Gasteiger partial charge is 0.126 e. The molecule has 4 heteroatoms. The van der Waals surface area contributed by atoms with E-state index in [2.05, 4.69) is 79.7 Å². The van der Waals surface area contributed by atoms with Crippen LogP contribution in [0, 0.1) is 0 Å². The van der Waals surface area contributed by atoms with Gasteiger partial charge in [0.1, 0.15) is 5.75 Å². The van der Waals surface area contributed by atoms with Crippen LogP contribution < -0.4 is 16.2 Å². The molecule has 0 amide bonds. The molecule has 0 spiro atoms. The van der Waals surface area contributed by atoms with Crippen LogP contribution in [0.2, 0.25) is 0 Å². The van der Waals surface area contributed by atoms with E-state index in [0.717, 1.165) is 37.0 Å². The molecule has 1 aromatic heterocycles. The lowest BCUT2D eigenvalue weighted by Gasteiger charge is -2.12. The van der Waals surface area contributed by atoms with Crippen LogP contribution in [0.3, 0.4) is 0 Å². The van der Waals surface area contributed by atoms with E-state index in [1.54, 1.807) is 7.11 Å². The Morgan fingerprint density at radius 3 is 1.83 bits per heavy atom. The standard InChI is InChI=1S/C32H34N2OS/c1-3-4-23-7-5-21(13-15-33)17-26(23)24-8-11-31-28(19-24)29-20-25(9-12-32(29)36-31)27-18-22(14-16-34)6-10-30(27)35-2/h5-12,17-20H,3-4,13-16,33-34H2,1-2H3. The summed E-state index contributed by atoms with van der Waals surface area (Å²) in [6, 6.07) is 26.9. The Labute approximate surface area is 217 Å². The van der Waals surface area contributed by atoms with Gasteiger partial charge >= 0.3 is 0 Å². The van der Waals surface area contributed by atoms with Crippen LogP contribution in [0.15, 0.2) is 72.8 Å². The maximum absolute atomic E-state index is 5.86. The average molecular weight is 495 g/mol. The third kappa shape index (κ3) is 4.77. The van der Waals surface area contributed by atoms with Gasteiger partial charge in [0.2, 0.25) is 0 Å². The first-order valence-corrected chi connectivity index (χ1v) is 13.6. The normalized spacial score (nSPS) is 11.4. The molecule has 0 aliphatic rings. The van der Waals surface area contributed by atoms with E-state index in [-0.39, 0.29) is 0 Å². The van der Waals surface area contributed by atoms with Gasteiger partial charge in [0.15, 0.2) is 0 Å². The first-order chi connectivity index (χ1) is 17.6. The van der Waals surface area contributed by atoms with E-state index in [1.165, 1.54) is 53.6 Å². The molecule has 5 aromatic rings. The minimum absolute atomic E-state index is 0.634. The van der Waals surface area contributed by atoms with Gasteiger partial charge in [0.25, 0.3) is 0 Å². The third-order valence-electron chi connectivity index (χ3n) is 6.91. The highest BCUT2D eigenvalue weighted by molar-refractivity contribution is 7.25. The molecule has 0 fully saturated rings. The van der Waals surface area contributed by atoms with Crippen molar-refractivity contribution in [2.45, 2.75) is 32.6 Å². The maximum atomic E-state index is 5.86. The minimum atomic E-state index is 0.634. The predicted octanol–water partition coefficient (Wildman–Crippen LogP) is 7.35. The summed E-state index contributed by atoms with van der Waals surface area (Å²) in [6.07, 6.45) is 3.95. The highest BCUT2D eigenvalue weighted by atomic mass is 32.1. The maximum Gasteiger partial charge on any atom is 0.126 e. The van der Waals surface area contributed by atoms with Crippen LogP contribution in [0.4, 0.5) is 0 Å². The van der Waals surface area contributed by atoms with E-state index < -0.39 is 0 Å². The molecule has 36 heavy (non-hydrogen) atoms. The Hall–Kier alpha value is -3.18. The minimum Gasteiger partial charge on any atom is -0.496 e. The van der Waals surface area contributed by atoms with Crippen molar-refractivity contribution in [3.8, 4) is 28.0 Å². The number of benzene rings is 4. The number of nitrogens with two attached hydrogens (primary N) is 2. The van der Waals surface area contributed by atoms with E-state index in [4.69, 9.17) is 16.2 Å². The summed E-state index contributed by atoms with van der Waals surface area (Å²) in [6.45, 7) is 3.54. The molecular formula is C32H34N2OS.